The highest BCUT2D eigenvalue weighted by Crippen LogP contribution is 2.55. The highest BCUT2D eigenvalue weighted by molar-refractivity contribution is 5.53. The molecule has 0 amide bonds. The van der Waals surface area contributed by atoms with E-state index in [-0.39, 0.29) is 0 Å². The maximum Gasteiger partial charge on any atom is 0.0719 e. The first-order valence-corrected chi connectivity index (χ1v) is 8.43. The van der Waals surface area contributed by atoms with Gasteiger partial charge in [0.25, 0.3) is 0 Å². The zero-order chi connectivity index (χ0) is 17.6. The lowest BCUT2D eigenvalue weighted by Crippen LogP contribution is -2.05. The first-order chi connectivity index (χ1) is 10.1. The second-order valence-corrected chi connectivity index (χ2v) is 7.56. The van der Waals surface area contributed by atoms with Crippen molar-refractivity contribution >= 4 is 0 Å². The second-order valence-electron chi connectivity index (χ2n) is 7.56. The number of aliphatic hydroxyl groups is 1. The van der Waals surface area contributed by atoms with Gasteiger partial charge in [-0.3, -0.25) is 0 Å². The van der Waals surface area contributed by atoms with Crippen LogP contribution in [0.3, 0.4) is 0 Å². The molecule has 1 saturated carbocycles. The van der Waals surface area contributed by atoms with Crippen molar-refractivity contribution in [3.8, 4) is 0 Å². The van der Waals surface area contributed by atoms with Crippen LogP contribution < -0.4 is 0 Å². The zero-order valence-electron chi connectivity index (χ0n) is 15.8. The Balaban J connectivity index is 0.000000639. The fourth-order valence-corrected chi connectivity index (χ4v) is 2.72. The Hall–Kier alpha value is -1.24. The van der Waals surface area contributed by atoms with Gasteiger partial charge in [0.05, 0.1) is 6.26 Å². The second kappa shape index (κ2) is 8.41. The molecule has 0 radical (unpaired) electrons. The molecule has 22 heavy (non-hydrogen) atoms. The monoisotopic (exact) mass is 304 g/mol. The molecule has 2 aliphatic carbocycles. The van der Waals surface area contributed by atoms with Crippen LogP contribution in [0.2, 0.25) is 0 Å². The molecule has 126 valence electrons. The van der Waals surface area contributed by atoms with E-state index < -0.39 is 0 Å². The van der Waals surface area contributed by atoms with Crippen molar-refractivity contribution < 1.29 is 5.11 Å². The highest BCUT2D eigenvalue weighted by Gasteiger charge is 2.42. The van der Waals surface area contributed by atoms with Crippen LogP contribution in [0.1, 0.15) is 74.1 Å². The molecule has 0 atom stereocenters. The van der Waals surface area contributed by atoms with Crippen molar-refractivity contribution in [2.45, 2.75) is 74.1 Å². The van der Waals surface area contributed by atoms with Gasteiger partial charge in [0.15, 0.2) is 0 Å². The van der Waals surface area contributed by atoms with Gasteiger partial charge >= 0.3 is 0 Å². The minimum Gasteiger partial charge on any atom is -0.516 e. The topological polar surface area (TPSA) is 20.2 Å². The number of hydrogen-bond donors (Lipinski definition) is 1. The van der Waals surface area contributed by atoms with Gasteiger partial charge in [-0.2, -0.15) is 0 Å². The van der Waals surface area contributed by atoms with E-state index in [0.717, 1.165) is 6.26 Å². The molecule has 2 aliphatic rings. The standard InChI is InChI=1S/C16H24.C3H8.C2H4O/c1-11(2)13-9-15(4,5)10-14(13)12(3)16(6)7-8-16;1-3-2;1-2-3/h9H,1,7-8,10H2,2-6H3;3H2,1-2H3;2-3H,1H2/b14-12-;;. The van der Waals surface area contributed by atoms with Crippen molar-refractivity contribution in [1.29, 1.82) is 0 Å². The van der Waals surface area contributed by atoms with E-state index in [9.17, 15) is 0 Å². The first-order valence-electron chi connectivity index (χ1n) is 8.43. The molecule has 2 rings (SSSR count). The molecule has 0 spiro atoms. The molecule has 0 aliphatic heterocycles. The van der Waals surface area contributed by atoms with Crippen LogP contribution in [-0.4, -0.2) is 5.11 Å². The van der Waals surface area contributed by atoms with Crippen LogP contribution >= 0.6 is 0 Å². The van der Waals surface area contributed by atoms with Crippen LogP contribution in [0.15, 0.2) is 47.8 Å². The Morgan fingerprint density at radius 3 is 1.95 bits per heavy atom. The third-order valence-electron chi connectivity index (χ3n) is 4.31. The van der Waals surface area contributed by atoms with Gasteiger partial charge in [0, 0.05) is 0 Å². The Labute approximate surface area is 138 Å². The molecule has 1 fully saturated rings. The molecule has 0 aromatic rings. The third-order valence-corrected chi connectivity index (χ3v) is 4.31. The normalized spacial score (nSPS) is 22.2. The van der Waals surface area contributed by atoms with Gasteiger partial charge in [-0.25, -0.2) is 0 Å². The van der Waals surface area contributed by atoms with E-state index >= 15 is 0 Å². The van der Waals surface area contributed by atoms with Crippen molar-refractivity contribution in [2.75, 3.05) is 0 Å². The maximum atomic E-state index is 7.33. The highest BCUT2D eigenvalue weighted by atomic mass is 16.2. The van der Waals surface area contributed by atoms with Crippen LogP contribution in [0, 0.1) is 10.8 Å². The van der Waals surface area contributed by atoms with Crippen LogP contribution in [0.5, 0.6) is 0 Å². The van der Waals surface area contributed by atoms with Crippen molar-refractivity contribution in [1.82, 2.24) is 0 Å². The number of hydrogen-bond acceptors (Lipinski definition) is 1. The SMILES string of the molecule is C=C(C)C1=CC(C)(C)C/C1=C(\C)C1(C)CC1.C=CO.CCC. The third kappa shape index (κ3) is 5.87. The predicted octanol–water partition coefficient (Wildman–Crippen LogP) is 7.14. The summed E-state index contributed by atoms with van der Waals surface area (Å²) in [6.45, 7) is 22.8. The van der Waals surface area contributed by atoms with Gasteiger partial charge in [-0.1, -0.05) is 71.4 Å². The molecular weight excluding hydrogens is 268 g/mol. The van der Waals surface area contributed by atoms with Gasteiger partial charge < -0.3 is 5.11 Å². The average molecular weight is 305 g/mol. The quantitative estimate of drug-likeness (QED) is 0.537. The van der Waals surface area contributed by atoms with Crippen LogP contribution in [0.25, 0.3) is 0 Å². The molecule has 1 N–H and O–H groups in total. The Morgan fingerprint density at radius 2 is 1.64 bits per heavy atom. The van der Waals surface area contributed by atoms with E-state index in [1.807, 2.05) is 0 Å². The minimum atomic E-state index is 0.316. The summed E-state index contributed by atoms with van der Waals surface area (Å²) < 4.78 is 0. The first kappa shape index (κ1) is 20.8. The number of aliphatic hydroxyl groups excluding tert-OH is 1. The van der Waals surface area contributed by atoms with E-state index in [1.54, 1.807) is 11.1 Å². The molecule has 0 aromatic heterocycles. The largest absolute Gasteiger partial charge is 0.516 e. The maximum absolute atomic E-state index is 7.33. The lowest BCUT2D eigenvalue weighted by molar-refractivity contribution is 0.476. The summed E-state index contributed by atoms with van der Waals surface area (Å²) in [4.78, 5) is 0. The summed E-state index contributed by atoms with van der Waals surface area (Å²) in [5, 5.41) is 7.33. The molecule has 0 aromatic carbocycles. The fraction of sp³-hybridized carbons (Fsp3) is 0.619. The summed E-state index contributed by atoms with van der Waals surface area (Å²) in [7, 11) is 0. The van der Waals surface area contributed by atoms with E-state index in [4.69, 9.17) is 5.11 Å². The van der Waals surface area contributed by atoms with E-state index in [0.29, 0.717) is 10.8 Å². The van der Waals surface area contributed by atoms with Gasteiger partial charge in [0.2, 0.25) is 0 Å². The van der Waals surface area contributed by atoms with Crippen molar-refractivity contribution in [2.24, 2.45) is 10.8 Å². The minimum absolute atomic E-state index is 0.316. The summed E-state index contributed by atoms with van der Waals surface area (Å²) in [6.07, 6.45) is 8.34. The summed E-state index contributed by atoms with van der Waals surface area (Å²) in [5.41, 5.74) is 6.67. The molecule has 1 heteroatoms. The summed E-state index contributed by atoms with van der Waals surface area (Å²) in [5.74, 6) is 0. The van der Waals surface area contributed by atoms with Gasteiger partial charge in [-0.05, 0) is 55.1 Å². The van der Waals surface area contributed by atoms with Crippen molar-refractivity contribution in [3.63, 3.8) is 0 Å². The zero-order valence-corrected chi connectivity index (χ0v) is 15.8. The molecule has 0 unspecified atom stereocenters. The van der Waals surface area contributed by atoms with Crippen LogP contribution in [0.4, 0.5) is 0 Å². The lowest BCUT2D eigenvalue weighted by Gasteiger charge is -2.18. The van der Waals surface area contributed by atoms with E-state index in [2.05, 4.69) is 67.7 Å². The fourth-order valence-electron chi connectivity index (χ4n) is 2.72. The molecule has 0 saturated heterocycles. The molecule has 0 heterocycles. The van der Waals surface area contributed by atoms with E-state index in [1.165, 1.54) is 36.8 Å². The summed E-state index contributed by atoms with van der Waals surface area (Å²) >= 11 is 0. The van der Waals surface area contributed by atoms with Crippen molar-refractivity contribution in [3.05, 3.63) is 47.8 Å². The Bertz CT molecular complexity index is 456. The Morgan fingerprint density at radius 1 is 1.23 bits per heavy atom. The molecular formula is C21H36O. The van der Waals surface area contributed by atoms with Gasteiger partial charge in [-0.15, -0.1) is 0 Å². The number of allylic oxidation sites excluding steroid dienone is 5. The van der Waals surface area contributed by atoms with Gasteiger partial charge in [0.1, 0.15) is 0 Å². The lowest BCUT2D eigenvalue weighted by atomic mass is 9.86. The number of rotatable bonds is 2. The smallest absolute Gasteiger partial charge is 0.0719 e. The predicted molar refractivity (Wildman–Crippen MR) is 100 cm³/mol. The Kier molecular flexibility index (Phi) is 7.93. The molecule has 0 bridgehead atoms. The summed E-state index contributed by atoms with van der Waals surface area (Å²) in [6, 6.07) is 0. The average Bonchev–Trinajstić information content (AvgIpc) is 3.05. The molecule has 1 nitrogen and oxygen atoms in total. The van der Waals surface area contributed by atoms with Crippen LogP contribution in [-0.2, 0) is 0 Å².